The Kier molecular flexibility index (Phi) is 4.01. The number of carbonyl (C=O) groups is 1. The standard InChI is InChI=1S/C13H11BrN2O3/c1-18-13(17)11-5-9(2-3-12(11)15)19-10-4-8(14)6-16-7-10/h2-7H,15H2,1H3. The summed E-state index contributed by atoms with van der Waals surface area (Å²) in [6.45, 7) is 0. The van der Waals surface area contributed by atoms with Crippen molar-refractivity contribution in [3.8, 4) is 11.5 Å². The largest absolute Gasteiger partial charge is 0.465 e. The Morgan fingerprint density at radius 1 is 1.26 bits per heavy atom. The van der Waals surface area contributed by atoms with Gasteiger partial charge in [-0.3, -0.25) is 4.98 Å². The minimum atomic E-state index is -0.504. The van der Waals surface area contributed by atoms with Crippen LogP contribution in [0.5, 0.6) is 11.5 Å². The molecule has 2 rings (SSSR count). The molecule has 2 N–H and O–H groups in total. The van der Waals surface area contributed by atoms with Gasteiger partial charge in [-0.25, -0.2) is 4.79 Å². The number of aromatic nitrogens is 1. The molecule has 0 bridgehead atoms. The topological polar surface area (TPSA) is 74.4 Å². The fourth-order valence-corrected chi connectivity index (χ4v) is 1.81. The summed E-state index contributed by atoms with van der Waals surface area (Å²) in [6, 6.07) is 6.55. The summed E-state index contributed by atoms with van der Waals surface area (Å²) in [7, 11) is 1.30. The van der Waals surface area contributed by atoms with E-state index in [1.54, 1.807) is 30.6 Å². The molecule has 0 aliphatic heterocycles. The highest BCUT2D eigenvalue weighted by molar-refractivity contribution is 9.10. The molecule has 0 saturated heterocycles. The number of pyridine rings is 1. The van der Waals surface area contributed by atoms with Crippen molar-refractivity contribution in [3.63, 3.8) is 0 Å². The maximum atomic E-state index is 11.5. The van der Waals surface area contributed by atoms with E-state index in [9.17, 15) is 4.79 Å². The number of carbonyl (C=O) groups excluding carboxylic acids is 1. The number of nitrogens with zero attached hydrogens (tertiary/aromatic N) is 1. The first-order valence-corrected chi connectivity index (χ1v) is 6.15. The van der Waals surface area contributed by atoms with Crippen molar-refractivity contribution in [1.29, 1.82) is 0 Å². The Morgan fingerprint density at radius 3 is 2.74 bits per heavy atom. The van der Waals surface area contributed by atoms with Gasteiger partial charge in [-0.2, -0.15) is 0 Å². The molecule has 6 heteroatoms. The van der Waals surface area contributed by atoms with Gasteiger partial charge in [0.1, 0.15) is 11.5 Å². The molecule has 0 aliphatic rings. The van der Waals surface area contributed by atoms with E-state index in [-0.39, 0.29) is 5.56 Å². The third-order valence-electron chi connectivity index (χ3n) is 2.35. The van der Waals surface area contributed by atoms with Gasteiger partial charge in [-0.1, -0.05) is 0 Å². The van der Waals surface area contributed by atoms with Crippen LogP contribution in [-0.4, -0.2) is 18.1 Å². The molecule has 98 valence electrons. The second kappa shape index (κ2) is 5.71. The zero-order chi connectivity index (χ0) is 13.8. The SMILES string of the molecule is COC(=O)c1cc(Oc2cncc(Br)c2)ccc1N. The van der Waals surface area contributed by atoms with Crippen LogP contribution in [0, 0.1) is 0 Å². The first-order valence-electron chi connectivity index (χ1n) is 5.36. The van der Waals surface area contributed by atoms with Crippen LogP contribution in [-0.2, 0) is 4.74 Å². The smallest absolute Gasteiger partial charge is 0.340 e. The van der Waals surface area contributed by atoms with Crippen LogP contribution >= 0.6 is 15.9 Å². The number of ether oxygens (including phenoxy) is 2. The lowest BCUT2D eigenvalue weighted by Crippen LogP contribution is -2.05. The normalized spacial score (nSPS) is 10.0. The number of methoxy groups -OCH3 is 1. The van der Waals surface area contributed by atoms with Gasteiger partial charge >= 0.3 is 5.97 Å². The van der Waals surface area contributed by atoms with Gasteiger partial charge in [0.15, 0.2) is 0 Å². The molecule has 0 fully saturated rings. The quantitative estimate of drug-likeness (QED) is 0.694. The van der Waals surface area contributed by atoms with Crippen LogP contribution in [0.3, 0.4) is 0 Å². The van der Waals surface area contributed by atoms with E-state index in [0.29, 0.717) is 17.2 Å². The number of nitrogens with two attached hydrogens (primary N) is 1. The van der Waals surface area contributed by atoms with Crippen LogP contribution in [0.15, 0.2) is 41.1 Å². The van der Waals surface area contributed by atoms with Crippen LogP contribution < -0.4 is 10.5 Å². The maximum Gasteiger partial charge on any atom is 0.340 e. The number of nitrogen functional groups attached to an aromatic ring is 1. The van der Waals surface area contributed by atoms with Gasteiger partial charge in [0, 0.05) is 16.4 Å². The lowest BCUT2D eigenvalue weighted by Gasteiger charge is -2.08. The molecule has 19 heavy (non-hydrogen) atoms. The summed E-state index contributed by atoms with van der Waals surface area (Å²) in [6.07, 6.45) is 3.22. The number of halogens is 1. The fourth-order valence-electron chi connectivity index (χ4n) is 1.47. The number of hydrogen-bond donors (Lipinski definition) is 1. The predicted molar refractivity (Wildman–Crippen MR) is 74.2 cm³/mol. The fraction of sp³-hybridized carbons (Fsp3) is 0.0769. The Bertz CT molecular complexity index is 617. The van der Waals surface area contributed by atoms with Crippen molar-refractivity contribution < 1.29 is 14.3 Å². The first-order chi connectivity index (χ1) is 9.10. The molecule has 5 nitrogen and oxygen atoms in total. The zero-order valence-corrected chi connectivity index (χ0v) is 11.7. The van der Waals surface area contributed by atoms with E-state index >= 15 is 0 Å². The second-order valence-electron chi connectivity index (χ2n) is 3.68. The molecule has 1 heterocycles. The number of rotatable bonds is 3. The van der Waals surface area contributed by atoms with Crippen molar-refractivity contribution in [2.45, 2.75) is 0 Å². The van der Waals surface area contributed by atoms with Gasteiger partial charge in [-0.05, 0) is 40.2 Å². The van der Waals surface area contributed by atoms with Gasteiger partial charge in [0.2, 0.25) is 0 Å². The Balaban J connectivity index is 2.29. The van der Waals surface area contributed by atoms with Crippen LogP contribution in [0.4, 0.5) is 5.69 Å². The lowest BCUT2D eigenvalue weighted by atomic mass is 10.2. The van der Waals surface area contributed by atoms with E-state index in [2.05, 4.69) is 25.7 Å². The molecule has 0 unspecified atom stereocenters. The molecule has 1 aromatic heterocycles. The number of esters is 1. The van der Waals surface area contributed by atoms with E-state index in [4.69, 9.17) is 10.5 Å². The van der Waals surface area contributed by atoms with Crippen molar-refractivity contribution >= 4 is 27.6 Å². The summed E-state index contributed by atoms with van der Waals surface area (Å²) in [5.41, 5.74) is 6.31. The molecule has 0 amide bonds. The second-order valence-corrected chi connectivity index (χ2v) is 4.60. The van der Waals surface area contributed by atoms with E-state index in [1.807, 2.05) is 0 Å². The summed E-state index contributed by atoms with van der Waals surface area (Å²) in [4.78, 5) is 15.5. The molecule has 0 radical (unpaired) electrons. The van der Waals surface area contributed by atoms with Gasteiger partial charge in [0.25, 0.3) is 0 Å². The van der Waals surface area contributed by atoms with Crippen molar-refractivity contribution in [2.24, 2.45) is 0 Å². The Hall–Kier alpha value is -2.08. The molecule has 0 saturated carbocycles. The average Bonchev–Trinajstić information content (AvgIpc) is 2.40. The molecule has 2 aromatic rings. The highest BCUT2D eigenvalue weighted by Crippen LogP contribution is 2.26. The molecule has 0 spiro atoms. The van der Waals surface area contributed by atoms with Crippen LogP contribution in [0.2, 0.25) is 0 Å². The summed E-state index contributed by atoms with van der Waals surface area (Å²) in [5.74, 6) is 0.528. The molecule has 0 atom stereocenters. The molecule has 0 aliphatic carbocycles. The van der Waals surface area contributed by atoms with Gasteiger partial charge < -0.3 is 15.2 Å². The number of benzene rings is 1. The lowest BCUT2D eigenvalue weighted by molar-refractivity contribution is 0.0601. The summed E-state index contributed by atoms with van der Waals surface area (Å²) < 4.78 is 11.0. The van der Waals surface area contributed by atoms with Crippen LogP contribution in [0.25, 0.3) is 0 Å². The predicted octanol–water partition coefficient (Wildman–Crippen LogP) is 3.01. The van der Waals surface area contributed by atoms with Crippen molar-refractivity contribution in [2.75, 3.05) is 12.8 Å². The van der Waals surface area contributed by atoms with Gasteiger partial charge in [0.05, 0.1) is 18.9 Å². The molecule has 1 aromatic carbocycles. The Labute approximate surface area is 118 Å². The molecular formula is C13H11BrN2O3. The highest BCUT2D eigenvalue weighted by atomic mass is 79.9. The minimum absolute atomic E-state index is 0.267. The summed E-state index contributed by atoms with van der Waals surface area (Å²) in [5, 5.41) is 0. The van der Waals surface area contributed by atoms with Crippen molar-refractivity contribution in [1.82, 2.24) is 4.98 Å². The van der Waals surface area contributed by atoms with Gasteiger partial charge in [-0.15, -0.1) is 0 Å². The van der Waals surface area contributed by atoms with Crippen molar-refractivity contribution in [3.05, 3.63) is 46.7 Å². The average molecular weight is 323 g/mol. The third kappa shape index (κ3) is 3.23. The third-order valence-corrected chi connectivity index (χ3v) is 2.78. The number of anilines is 1. The first kappa shape index (κ1) is 13.4. The highest BCUT2D eigenvalue weighted by Gasteiger charge is 2.11. The number of hydrogen-bond acceptors (Lipinski definition) is 5. The van der Waals surface area contributed by atoms with E-state index in [1.165, 1.54) is 13.2 Å². The Morgan fingerprint density at radius 2 is 2.05 bits per heavy atom. The van der Waals surface area contributed by atoms with E-state index in [0.717, 1.165) is 4.47 Å². The van der Waals surface area contributed by atoms with E-state index < -0.39 is 5.97 Å². The summed E-state index contributed by atoms with van der Waals surface area (Å²) >= 11 is 3.30. The molecular weight excluding hydrogens is 312 g/mol. The van der Waals surface area contributed by atoms with Crippen LogP contribution in [0.1, 0.15) is 10.4 Å². The minimum Gasteiger partial charge on any atom is -0.465 e. The zero-order valence-electron chi connectivity index (χ0n) is 10.1. The maximum absolute atomic E-state index is 11.5. The monoisotopic (exact) mass is 322 g/mol.